The van der Waals surface area contributed by atoms with Crippen molar-refractivity contribution in [2.45, 2.75) is 58.3 Å². The third-order valence-electron chi connectivity index (χ3n) is 3.98. The Morgan fingerprint density at radius 3 is 2.05 bits per heavy atom. The Morgan fingerprint density at radius 2 is 1.55 bits per heavy atom. The minimum absolute atomic E-state index is 0.135. The minimum Gasteiger partial charge on any atom is -0.288 e. The van der Waals surface area contributed by atoms with Crippen LogP contribution in [0.25, 0.3) is 0 Å². The van der Waals surface area contributed by atoms with Gasteiger partial charge in [0.1, 0.15) is 0 Å². The highest BCUT2D eigenvalue weighted by Gasteiger charge is 2.18. The number of Topliss-reactive ketones (excluding diaryl/α,β-unsaturated/α-hetero) is 1. The van der Waals surface area contributed by atoms with Crippen LogP contribution < -0.4 is 0 Å². The summed E-state index contributed by atoms with van der Waals surface area (Å²) in [5.41, 5.74) is 3.59. The second kappa shape index (κ2) is 6.42. The molecule has 1 fully saturated rings. The van der Waals surface area contributed by atoms with Gasteiger partial charge >= 0.3 is 0 Å². The monoisotopic (exact) mass is 382 g/mol. The van der Waals surface area contributed by atoms with Gasteiger partial charge in [-0.25, -0.2) is 0 Å². The molecule has 1 aromatic carbocycles. The van der Waals surface area contributed by atoms with Crippen molar-refractivity contribution < 1.29 is 4.79 Å². The minimum atomic E-state index is 0.135. The Balaban J connectivity index is 2.21. The van der Waals surface area contributed by atoms with Crippen molar-refractivity contribution in [2.75, 3.05) is 0 Å². The van der Waals surface area contributed by atoms with Crippen LogP contribution >= 0.6 is 22.6 Å². The molecule has 0 aliphatic heterocycles. The molecule has 0 atom stereocenters. The molecule has 1 saturated carbocycles. The second-order valence-corrected chi connectivity index (χ2v) is 7.71. The fraction of sp³-hybridized carbons (Fsp3) is 0.500. The highest BCUT2D eigenvalue weighted by Crippen LogP contribution is 2.31. The fourth-order valence-corrected chi connectivity index (χ4v) is 3.46. The third-order valence-corrected chi connectivity index (χ3v) is 5.23. The molecule has 108 valence electrons. The largest absolute Gasteiger partial charge is 0.288 e. The van der Waals surface area contributed by atoms with Crippen molar-refractivity contribution >= 4 is 28.4 Å². The van der Waals surface area contributed by atoms with E-state index in [1.165, 1.54) is 30.4 Å². The van der Waals surface area contributed by atoms with E-state index in [1.54, 1.807) is 0 Å². The summed E-state index contributed by atoms with van der Waals surface area (Å²) in [5.74, 6) is 0.197. The van der Waals surface area contributed by atoms with Gasteiger partial charge in [0.15, 0.2) is 5.78 Å². The number of hydrogen-bond acceptors (Lipinski definition) is 1. The molecule has 1 nitrogen and oxygen atoms in total. The Bertz CT molecular complexity index is 509. The Kier molecular flexibility index (Phi) is 5.05. The zero-order valence-corrected chi connectivity index (χ0v) is 14.8. The van der Waals surface area contributed by atoms with Crippen LogP contribution in [0.1, 0.15) is 68.8 Å². The normalized spacial score (nSPS) is 16.1. The summed E-state index contributed by atoms with van der Waals surface area (Å²) < 4.78 is 0.950. The number of carbonyl (C=O) groups is 1. The van der Waals surface area contributed by atoms with Crippen molar-refractivity contribution in [1.82, 2.24) is 0 Å². The molecular weight excluding hydrogens is 359 g/mol. The molecule has 0 N–H and O–H groups in total. The molecule has 0 spiro atoms. The van der Waals surface area contributed by atoms with E-state index in [4.69, 9.17) is 0 Å². The van der Waals surface area contributed by atoms with Gasteiger partial charge in [0.2, 0.25) is 0 Å². The molecular formula is C18H23IO. The molecule has 2 rings (SSSR count). The van der Waals surface area contributed by atoms with E-state index in [-0.39, 0.29) is 11.2 Å². The number of allylic oxidation sites excluding steroid dienone is 2. The van der Waals surface area contributed by atoms with Gasteiger partial charge in [0.05, 0.1) is 3.58 Å². The first-order valence-corrected chi connectivity index (χ1v) is 8.50. The lowest BCUT2D eigenvalue weighted by atomic mass is 9.86. The summed E-state index contributed by atoms with van der Waals surface area (Å²) in [6, 6.07) is 8.13. The van der Waals surface area contributed by atoms with Crippen molar-refractivity contribution in [3.63, 3.8) is 0 Å². The second-order valence-electron chi connectivity index (χ2n) is 6.63. The zero-order chi connectivity index (χ0) is 14.8. The lowest BCUT2D eigenvalue weighted by molar-refractivity contribution is 0.104. The quantitative estimate of drug-likeness (QED) is 0.358. The Hall–Kier alpha value is -0.640. The number of rotatable bonds is 2. The molecule has 2 heteroatoms. The lowest BCUT2D eigenvalue weighted by Gasteiger charge is -2.19. The molecule has 0 amide bonds. The molecule has 0 radical (unpaired) electrons. The van der Waals surface area contributed by atoms with Crippen molar-refractivity contribution in [3.8, 4) is 0 Å². The SMILES string of the molecule is CC(C)(C)c1ccc(C(=O)C(I)=C2CCCCC2)cc1. The highest BCUT2D eigenvalue weighted by atomic mass is 127. The van der Waals surface area contributed by atoms with Crippen LogP contribution in [0, 0.1) is 0 Å². The highest BCUT2D eigenvalue weighted by molar-refractivity contribution is 14.1. The van der Waals surface area contributed by atoms with Crippen LogP contribution in [-0.4, -0.2) is 5.78 Å². The zero-order valence-electron chi connectivity index (χ0n) is 12.6. The topological polar surface area (TPSA) is 17.1 Å². The van der Waals surface area contributed by atoms with Gasteiger partial charge in [-0.15, -0.1) is 0 Å². The summed E-state index contributed by atoms with van der Waals surface area (Å²) in [6.45, 7) is 6.58. The molecule has 0 bridgehead atoms. The predicted molar refractivity (Wildman–Crippen MR) is 93.6 cm³/mol. The van der Waals surface area contributed by atoms with Gasteiger partial charge in [-0.3, -0.25) is 4.79 Å². The van der Waals surface area contributed by atoms with Crippen molar-refractivity contribution in [1.29, 1.82) is 0 Å². The number of ketones is 1. The molecule has 1 aromatic rings. The number of benzene rings is 1. The molecule has 0 saturated heterocycles. The molecule has 0 aromatic heterocycles. The summed E-state index contributed by atoms with van der Waals surface area (Å²) in [6.07, 6.45) is 5.98. The summed E-state index contributed by atoms with van der Waals surface area (Å²) >= 11 is 2.25. The van der Waals surface area contributed by atoms with E-state index < -0.39 is 0 Å². The Morgan fingerprint density at radius 1 is 1.00 bits per heavy atom. The van der Waals surface area contributed by atoms with E-state index >= 15 is 0 Å². The van der Waals surface area contributed by atoms with Gasteiger partial charge in [-0.1, -0.05) is 57.0 Å². The van der Waals surface area contributed by atoms with Crippen LogP contribution in [0.5, 0.6) is 0 Å². The van der Waals surface area contributed by atoms with Gasteiger partial charge in [0, 0.05) is 5.56 Å². The van der Waals surface area contributed by atoms with Gasteiger partial charge in [-0.05, 0) is 59.3 Å². The average Bonchev–Trinajstić information content (AvgIpc) is 2.46. The number of carbonyl (C=O) groups excluding carboxylic acids is 1. The number of hydrogen-bond donors (Lipinski definition) is 0. The van der Waals surface area contributed by atoms with Crippen molar-refractivity contribution in [3.05, 3.63) is 44.5 Å². The maximum Gasteiger partial charge on any atom is 0.199 e. The van der Waals surface area contributed by atoms with Gasteiger partial charge < -0.3 is 0 Å². The van der Waals surface area contributed by atoms with E-state index in [0.29, 0.717) is 0 Å². The molecule has 1 aliphatic carbocycles. The fourth-order valence-electron chi connectivity index (χ4n) is 2.61. The first-order chi connectivity index (χ1) is 9.39. The molecule has 0 unspecified atom stereocenters. The first kappa shape index (κ1) is 15.7. The predicted octanol–water partition coefficient (Wildman–Crippen LogP) is 5.82. The van der Waals surface area contributed by atoms with Crippen LogP contribution in [0.3, 0.4) is 0 Å². The summed E-state index contributed by atoms with van der Waals surface area (Å²) in [7, 11) is 0. The Labute approximate surface area is 136 Å². The van der Waals surface area contributed by atoms with E-state index in [9.17, 15) is 4.79 Å². The van der Waals surface area contributed by atoms with Crippen LogP contribution in [-0.2, 0) is 5.41 Å². The third kappa shape index (κ3) is 3.72. The molecule has 0 heterocycles. The molecule has 20 heavy (non-hydrogen) atoms. The number of halogens is 1. The van der Waals surface area contributed by atoms with Crippen LogP contribution in [0.4, 0.5) is 0 Å². The maximum absolute atomic E-state index is 12.5. The standard InChI is InChI=1S/C18H23IO/c1-18(2,3)15-11-9-14(10-12-15)17(20)16(19)13-7-5-4-6-8-13/h9-12H,4-8H2,1-3H3. The summed E-state index contributed by atoms with van der Waals surface area (Å²) in [5, 5.41) is 0. The summed E-state index contributed by atoms with van der Waals surface area (Å²) in [4.78, 5) is 12.5. The van der Waals surface area contributed by atoms with E-state index in [0.717, 1.165) is 22.0 Å². The average molecular weight is 382 g/mol. The van der Waals surface area contributed by atoms with E-state index in [2.05, 4.69) is 55.5 Å². The maximum atomic E-state index is 12.5. The van der Waals surface area contributed by atoms with Gasteiger partial charge in [-0.2, -0.15) is 0 Å². The van der Waals surface area contributed by atoms with E-state index in [1.807, 2.05) is 12.1 Å². The molecule has 1 aliphatic rings. The van der Waals surface area contributed by atoms with Crippen LogP contribution in [0.2, 0.25) is 0 Å². The van der Waals surface area contributed by atoms with Gasteiger partial charge in [0.25, 0.3) is 0 Å². The first-order valence-electron chi connectivity index (χ1n) is 7.42. The smallest absolute Gasteiger partial charge is 0.199 e. The lowest BCUT2D eigenvalue weighted by Crippen LogP contribution is -2.11. The van der Waals surface area contributed by atoms with Crippen LogP contribution in [0.15, 0.2) is 33.4 Å². The van der Waals surface area contributed by atoms with Crippen molar-refractivity contribution in [2.24, 2.45) is 0 Å².